The Morgan fingerprint density at radius 2 is 2.24 bits per heavy atom. The summed E-state index contributed by atoms with van der Waals surface area (Å²) in [5, 5.41) is 6.84. The first-order chi connectivity index (χ1) is 7.97. The molecule has 1 heterocycles. The third-order valence-electron chi connectivity index (χ3n) is 2.39. The van der Waals surface area contributed by atoms with Gasteiger partial charge in [0.25, 0.3) is 5.91 Å². The van der Waals surface area contributed by atoms with Crippen molar-refractivity contribution in [2.24, 2.45) is 7.05 Å². The highest BCUT2D eigenvalue weighted by Crippen LogP contribution is 2.16. The number of nitrogen functional groups attached to an aromatic ring is 1. The van der Waals surface area contributed by atoms with E-state index in [1.807, 2.05) is 6.92 Å². The van der Waals surface area contributed by atoms with E-state index < -0.39 is 10.8 Å². The summed E-state index contributed by atoms with van der Waals surface area (Å²) in [5.41, 5.74) is 7.35. The Kier molecular flexibility index (Phi) is 4.68. The van der Waals surface area contributed by atoms with Gasteiger partial charge in [0, 0.05) is 36.4 Å². The predicted molar refractivity (Wildman–Crippen MR) is 68.3 cm³/mol. The number of aromatic nitrogens is 2. The summed E-state index contributed by atoms with van der Waals surface area (Å²) in [6.45, 7) is 2.30. The smallest absolute Gasteiger partial charge is 0.271 e. The zero-order valence-corrected chi connectivity index (χ0v) is 11.1. The molecule has 0 fully saturated rings. The van der Waals surface area contributed by atoms with E-state index in [-0.39, 0.29) is 5.91 Å². The monoisotopic (exact) mass is 258 g/mol. The molecule has 7 heteroatoms. The molecule has 0 aliphatic heterocycles. The summed E-state index contributed by atoms with van der Waals surface area (Å²) in [5.74, 6) is 0.159. The molecule has 0 aliphatic rings. The molecule has 0 saturated heterocycles. The number of aryl methyl sites for hydroxylation is 2. The first-order valence-electron chi connectivity index (χ1n) is 5.37. The second-order valence-electron chi connectivity index (χ2n) is 3.72. The number of nitrogens with two attached hydrogens (primary N) is 1. The zero-order valence-electron chi connectivity index (χ0n) is 10.3. The van der Waals surface area contributed by atoms with Gasteiger partial charge in [-0.15, -0.1) is 0 Å². The lowest BCUT2D eigenvalue weighted by Gasteiger charge is -2.05. The number of nitrogens with zero attached hydrogens (tertiary/aromatic N) is 2. The molecule has 0 aliphatic carbocycles. The number of hydrogen-bond acceptors (Lipinski definition) is 4. The van der Waals surface area contributed by atoms with E-state index in [9.17, 15) is 9.00 Å². The summed E-state index contributed by atoms with van der Waals surface area (Å²) in [6, 6.07) is 0. The van der Waals surface area contributed by atoms with Crippen molar-refractivity contribution in [3.63, 3.8) is 0 Å². The van der Waals surface area contributed by atoms with Crippen LogP contribution in [-0.2, 0) is 24.3 Å². The number of nitrogens with one attached hydrogen (secondary N) is 1. The Labute approximate surface area is 103 Å². The summed E-state index contributed by atoms with van der Waals surface area (Å²) in [4.78, 5) is 11.8. The number of carbonyl (C=O) groups excluding carboxylic acids is 1. The molecular weight excluding hydrogens is 240 g/mol. The van der Waals surface area contributed by atoms with Gasteiger partial charge in [-0.05, 0) is 6.42 Å². The van der Waals surface area contributed by atoms with Crippen molar-refractivity contribution in [1.29, 1.82) is 0 Å². The van der Waals surface area contributed by atoms with Crippen molar-refractivity contribution >= 4 is 22.4 Å². The average Bonchev–Trinajstić information content (AvgIpc) is 2.53. The van der Waals surface area contributed by atoms with E-state index >= 15 is 0 Å². The number of hydrogen-bond donors (Lipinski definition) is 2. The molecule has 6 nitrogen and oxygen atoms in total. The van der Waals surface area contributed by atoms with Gasteiger partial charge in [-0.2, -0.15) is 5.10 Å². The van der Waals surface area contributed by atoms with Crippen molar-refractivity contribution in [3.05, 3.63) is 11.4 Å². The largest absolute Gasteiger partial charge is 0.395 e. The molecule has 1 amide bonds. The lowest BCUT2D eigenvalue weighted by Crippen LogP contribution is -2.29. The lowest BCUT2D eigenvalue weighted by atomic mass is 10.2. The molecule has 1 aromatic heterocycles. The minimum Gasteiger partial charge on any atom is -0.395 e. The fourth-order valence-corrected chi connectivity index (χ4v) is 1.91. The van der Waals surface area contributed by atoms with Crippen LogP contribution in [0.15, 0.2) is 0 Å². The molecule has 0 bridgehead atoms. The van der Waals surface area contributed by atoms with Crippen molar-refractivity contribution in [2.75, 3.05) is 24.3 Å². The Hall–Kier alpha value is -1.37. The number of amides is 1. The number of rotatable bonds is 5. The fourth-order valence-electron chi connectivity index (χ4n) is 1.52. The van der Waals surface area contributed by atoms with Crippen LogP contribution in [0.1, 0.15) is 23.1 Å². The Bertz CT molecular complexity index is 442. The van der Waals surface area contributed by atoms with E-state index in [0.717, 1.165) is 5.69 Å². The molecule has 0 aromatic carbocycles. The summed E-state index contributed by atoms with van der Waals surface area (Å²) in [7, 11) is 0.769. The van der Waals surface area contributed by atoms with Crippen LogP contribution >= 0.6 is 0 Å². The maximum absolute atomic E-state index is 11.8. The highest BCUT2D eigenvalue weighted by atomic mass is 32.2. The molecule has 1 unspecified atom stereocenters. The van der Waals surface area contributed by atoms with Crippen LogP contribution in [0, 0.1) is 0 Å². The van der Waals surface area contributed by atoms with Crippen LogP contribution in [-0.4, -0.2) is 38.4 Å². The molecule has 1 aromatic rings. The molecule has 0 saturated carbocycles. The third kappa shape index (κ3) is 3.29. The van der Waals surface area contributed by atoms with Crippen LogP contribution in [0.25, 0.3) is 0 Å². The maximum Gasteiger partial charge on any atom is 0.271 e. The third-order valence-corrected chi connectivity index (χ3v) is 3.16. The molecule has 96 valence electrons. The van der Waals surface area contributed by atoms with E-state index in [1.165, 1.54) is 4.68 Å². The summed E-state index contributed by atoms with van der Waals surface area (Å²) >= 11 is 0. The summed E-state index contributed by atoms with van der Waals surface area (Å²) < 4.78 is 12.3. The standard InChI is InChI=1S/C10H18N4O2S/c1-4-7-8(11)9(14(2)13-7)10(15)12-5-6-17(3)16/h4-6,11H2,1-3H3,(H,12,15). The number of carbonyl (C=O) groups is 1. The molecule has 1 atom stereocenters. The van der Waals surface area contributed by atoms with Gasteiger partial charge in [-0.25, -0.2) is 0 Å². The second-order valence-corrected chi connectivity index (χ2v) is 5.27. The van der Waals surface area contributed by atoms with Gasteiger partial charge in [0.15, 0.2) is 0 Å². The molecular formula is C10H18N4O2S. The topological polar surface area (TPSA) is 90.0 Å². The van der Waals surface area contributed by atoms with Crippen molar-refractivity contribution < 1.29 is 9.00 Å². The SMILES string of the molecule is CCc1nn(C)c(C(=O)NCCS(C)=O)c1N. The molecule has 17 heavy (non-hydrogen) atoms. The Morgan fingerprint density at radius 3 is 2.71 bits per heavy atom. The van der Waals surface area contributed by atoms with Gasteiger partial charge < -0.3 is 11.1 Å². The molecule has 3 N–H and O–H groups in total. The van der Waals surface area contributed by atoms with Crippen LogP contribution in [0.2, 0.25) is 0 Å². The minimum absolute atomic E-state index is 0.275. The van der Waals surface area contributed by atoms with Gasteiger partial charge in [0.1, 0.15) is 5.69 Å². The van der Waals surface area contributed by atoms with E-state index in [0.29, 0.717) is 30.1 Å². The van der Waals surface area contributed by atoms with Crippen LogP contribution in [0.4, 0.5) is 5.69 Å². The minimum atomic E-state index is -0.914. The molecule has 0 radical (unpaired) electrons. The van der Waals surface area contributed by atoms with Crippen LogP contribution in [0.3, 0.4) is 0 Å². The Morgan fingerprint density at radius 1 is 1.59 bits per heavy atom. The fraction of sp³-hybridized carbons (Fsp3) is 0.600. The van der Waals surface area contributed by atoms with Crippen molar-refractivity contribution in [2.45, 2.75) is 13.3 Å². The first-order valence-corrected chi connectivity index (χ1v) is 7.09. The lowest BCUT2D eigenvalue weighted by molar-refractivity contribution is 0.0947. The van der Waals surface area contributed by atoms with Crippen molar-refractivity contribution in [1.82, 2.24) is 15.1 Å². The van der Waals surface area contributed by atoms with Crippen LogP contribution in [0.5, 0.6) is 0 Å². The molecule has 0 spiro atoms. The van der Waals surface area contributed by atoms with Gasteiger partial charge in [0.05, 0.1) is 11.4 Å². The van der Waals surface area contributed by atoms with Gasteiger partial charge in [-0.3, -0.25) is 13.7 Å². The normalized spacial score (nSPS) is 12.4. The van der Waals surface area contributed by atoms with E-state index in [2.05, 4.69) is 10.4 Å². The van der Waals surface area contributed by atoms with Gasteiger partial charge in [-0.1, -0.05) is 6.92 Å². The maximum atomic E-state index is 11.8. The highest BCUT2D eigenvalue weighted by molar-refractivity contribution is 7.84. The summed E-state index contributed by atoms with van der Waals surface area (Å²) in [6.07, 6.45) is 2.28. The predicted octanol–water partition coefficient (Wildman–Crippen LogP) is -0.327. The molecule has 1 rings (SSSR count). The van der Waals surface area contributed by atoms with Gasteiger partial charge >= 0.3 is 0 Å². The zero-order chi connectivity index (χ0) is 13.0. The Balaban J connectivity index is 2.75. The first kappa shape index (κ1) is 13.7. The second kappa shape index (κ2) is 5.81. The van der Waals surface area contributed by atoms with Crippen LogP contribution < -0.4 is 11.1 Å². The highest BCUT2D eigenvalue weighted by Gasteiger charge is 2.18. The van der Waals surface area contributed by atoms with E-state index in [4.69, 9.17) is 5.73 Å². The number of anilines is 1. The average molecular weight is 258 g/mol. The quantitative estimate of drug-likeness (QED) is 0.757. The van der Waals surface area contributed by atoms with Gasteiger partial charge in [0.2, 0.25) is 0 Å². The van der Waals surface area contributed by atoms with Crippen molar-refractivity contribution in [3.8, 4) is 0 Å². The van der Waals surface area contributed by atoms with E-state index in [1.54, 1.807) is 13.3 Å².